The summed E-state index contributed by atoms with van der Waals surface area (Å²) in [6, 6.07) is 7.29. The number of fused-ring (bicyclic) bond motifs is 1. The van der Waals surface area contributed by atoms with Crippen LogP contribution in [0.2, 0.25) is 0 Å². The predicted octanol–water partition coefficient (Wildman–Crippen LogP) is 1.97. The van der Waals surface area contributed by atoms with Crippen LogP contribution < -0.4 is 5.56 Å². The van der Waals surface area contributed by atoms with Gasteiger partial charge in [0.1, 0.15) is 0 Å². The molecule has 116 valence electrons. The molecule has 2 heterocycles. The highest BCUT2D eigenvalue weighted by molar-refractivity contribution is 5.88. The molecule has 1 aliphatic heterocycles. The van der Waals surface area contributed by atoms with Gasteiger partial charge in [-0.2, -0.15) is 5.10 Å². The van der Waals surface area contributed by atoms with Crippen LogP contribution in [0, 0.1) is 11.8 Å². The summed E-state index contributed by atoms with van der Waals surface area (Å²) in [6.45, 7) is 5.99. The Morgan fingerprint density at radius 3 is 2.55 bits per heavy atom. The van der Waals surface area contributed by atoms with Crippen LogP contribution in [0.5, 0.6) is 0 Å². The topological polar surface area (TPSA) is 66.1 Å². The van der Waals surface area contributed by atoms with Crippen LogP contribution in [-0.4, -0.2) is 34.1 Å². The van der Waals surface area contributed by atoms with E-state index in [1.165, 1.54) is 6.42 Å². The van der Waals surface area contributed by atoms with Gasteiger partial charge in [-0.25, -0.2) is 5.10 Å². The SMILES string of the molecule is C[C@H]1C[C@H](C)CN(C(=O)Cc2n[nH]c(=O)c3ccccc23)C1. The molecule has 5 nitrogen and oxygen atoms in total. The zero-order valence-electron chi connectivity index (χ0n) is 13.0. The van der Waals surface area contributed by atoms with Crippen molar-refractivity contribution < 1.29 is 4.79 Å². The van der Waals surface area contributed by atoms with Crippen molar-refractivity contribution in [3.05, 3.63) is 40.3 Å². The molecule has 0 aliphatic carbocycles. The highest BCUT2D eigenvalue weighted by Crippen LogP contribution is 2.22. The Bertz CT molecular complexity index is 743. The second-order valence-corrected chi connectivity index (χ2v) is 6.47. The number of nitrogens with one attached hydrogen (secondary N) is 1. The number of aromatic nitrogens is 2. The van der Waals surface area contributed by atoms with Gasteiger partial charge in [0.25, 0.3) is 5.56 Å². The fourth-order valence-corrected chi connectivity index (χ4v) is 3.43. The lowest BCUT2D eigenvalue weighted by molar-refractivity contribution is -0.133. The molecule has 5 heteroatoms. The van der Waals surface area contributed by atoms with Gasteiger partial charge >= 0.3 is 0 Å². The zero-order valence-corrected chi connectivity index (χ0v) is 13.0. The smallest absolute Gasteiger partial charge is 0.272 e. The molecular weight excluding hydrogens is 278 g/mol. The highest BCUT2D eigenvalue weighted by atomic mass is 16.2. The summed E-state index contributed by atoms with van der Waals surface area (Å²) in [5, 5.41) is 7.93. The third-order valence-electron chi connectivity index (χ3n) is 4.32. The summed E-state index contributed by atoms with van der Waals surface area (Å²) < 4.78 is 0. The molecular formula is C17H21N3O2. The van der Waals surface area contributed by atoms with Crippen molar-refractivity contribution in [2.75, 3.05) is 13.1 Å². The largest absolute Gasteiger partial charge is 0.342 e. The summed E-state index contributed by atoms with van der Waals surface area (Å²) in [7, 11) is 0. The first-order valence-corrected chi connectivity index (χ1v) is 7.78. The van der Waals surface area contributed by atoms with Crippen molar-refractivity contribution in [3.8, 4) is 0 Å². The van der Waals surface area contributed by atoms with Gasteiger partial charge in [0.15, 0.2) is 0 Å². The Hall–Kier alpha value is -2.17. The standard InChI is InChI=1S/C17H21N3O2/c1-11-7-12(2)10-20(9-11)16(21)8-15-13-5-3-4-6-14(13)17(22)19-18-15/h3-6,11-12H,7-10H2,1-2H3,(H,19,22)/t11-,12-/m0/s1. The van der Waals surface area contributed by atoms with Crippen molar-refractivity contribution in [2.24, 2.45) is 11.8 Å². The van der Waals surface area contributed by atoms with E-state index in [-0.39, 0.29) is 17.9 Å². The number of carbonyl (C=O) groups excluding carboxylic acids is 1. The molecule has 1 saturated heterocycles. The van der Waals surface area contributed by atoms with E-state index in [2.05, 4.69) is 24.0 Å². The molecule has 0 unspecified atom stereocenters. The van der Waals surface area contributed by atoms with Gasteiger partial charge in [-0.15, -0.1) is 0 Å². The summed E-state index contributed by atoms with van der Waals surface area (Å²) in [6.07, 6.45) is 1.40. The monoisotopic (exact) mass is 299 g/mol. The van der Waals surface area contributed by atoms with E-state index in [0.717, 1.165) is 18.5 Å². The number of piperidine rings is 1. The van der Waals surface area contributed by atoms with E-state index in [0.29, 0.717) is 22.9 Å². The number of carbonyl (C=O) groups is 1. The first-order chi connectivity index (χ1) is 10.5. The lowest BCUT2D eigenvalue weighted by Crippen LogP contribution is -2.43. The van der Waals surface area contributed by atoms with Gasteiger partial charge in [-0.3, -0.25) is 9.59 Å². The van der Waals surface area contributed by atoms with Crippen LogP contribution in [0.25, 0.3) is 10.8 Å². The number of rotatable bonds is 2. The number of benzene rings is 1. The number of nitrogens with zero attached hydrogens (tertiary/aromatic N) is 2. The Morgan fingerprint density at radius 1 is 1.23 bits per heavy atom. The van der Waals surface area contributed by atoms with Gasteiger partial charge in [0, 0.05) is 18.5 Å². The second-order valence-electron chi connectivity index (χ2n) is 6.47. The van der Waals surface area contributed by atoms with Crippen LogP contribution in [0.3, 0.4) is 0 Å². The van der Waals surface area contributed by atoms with Crippen molar-refractivity contribution >= 4 is 16.7 Å². The van der Waals surface area contributed by atoms with E-state index in [9.17, 15) is 9.59 Å². The summed E-state index contributed by atoms with van der Waals surface area (Å²) >= 11 is 0. The van der Waals surface area contributed by atoms with Crippen molar-refractivity contribution in [3.63, 3.8) is 0 Å². The Morgan fingerprint density at radius 2 is 1.86 bits per heavy atom. The summed E-state index contributed by atoms with van der Waals surface area (Å²) in [5.41, 5.74) is 0.429. The van der Waals surface area contributed by atoms with Crippen molar-refractivity contribution in [1.29, 1.82) is 0 Å². The van der Waals surface area contributed by atoms with Crippen LogP contribution in [0.4, 0.5) is 0 Å². The molecule has 2 atom stereocenters. The lowest BCUT2D eigenvalue weighted by atomic mass is 9.91. The summed E-state index contributed by atoms with van der Waals surface area (Å²) in [4.78, 5) is 26.3. The second kappa shape index (κ2) is 5.91. The fourth-order valence-electron chi connectivity index (χ4n) is 3.43. The third-order valence-corrected chi connectivity index (χ3v) is 4.32. The maximum absolute atomic E-state index is 12.6. The van der Waals surface area contributed by atoms with E-state index >= 15 is 0 Å². The quantitative estimate of drug-likeness (QED) is 0.922. The van der Waals surface area contributed by atoms with Gasteiger partial charge in [0.05, 0.1) is 17.5 Å². The molecule has 22 heavy (non-hydrogen) atoms. The van der Waals surface area contributed by atoms with Crippen molar-refractivity contribution in [1.82, 2.24) is 15.1 Å². The average molecular weight is 299 g/mol. The van der Waals surface area contributed by atoms with Gasteiger partial charge < -0.3 is 4.90 Å². The highest BCUT2D eigenvalue weighted by Gasteiger charge is 2.26. The number of aromatic amines is 1. The number of hydrogen-bond acceptors (Lipinski definition) is 3. The van der Waals surface area contributed by atoms with Gasteiger partial charge in [-0.1, -0.05) is 32.0 Å². The van der Waals surface area contributed by atoms with E-state index in [1.54, 1.807) is 6.07 Å². The molecule has 3 rings (SSSR count). The number of likely N-dealkylation sites (tertiary alicyclic amines) is 1. The van der Waals surface area contributed by atoms with Crippen LogP contribution in [0.1, 0.15) is 26.0 Å². The molecule has 0 radical (unpaired) electrons. The first-order valence-electron chi connectivity index (χ1n) is 7.78. The Labute approximate surface area is 129 Å². The molecule has 1 aromatic carbocycles. The minimum Gasteiger partial charge on any atom is -0.342 e. The van der Waals surface area contributed by atoms with Gasteiger partial charge in [-0.05, 0) is 24.3 Å². The maximum atomic E-state index is 12.6. The molecule has 1 N–H and O–H groups in total. The Kier molecular flexibility index (Phi) is 3.96. The van der Waals surface area contributed by atoms with Crippen LogP contribution in [0.15, 0.2) is 29.1 Å². The average Bonchev–Trinajstić information content (AvgIpc) is 2.49. The van der Waals surface area contributed by atoms with Crippen molar-refractivity contribution in [2.45, 2.75) is 26.7 Å². The predicted molar refractivity (Wildman–Crippen MR) is 85.6 cm³/mol. The number of hydrogen-bond donors (Lipinski definition) is 1. The Balaban J connectivity index is 1.86. The van der Waals surface area contributed by atoms with E-state index < -0.39 is 0 Å². The maximum Gasteiger partial charge on any atom is 0.272 e. The van der Waals surface area contributed by atoms with E-state index in [1.807, 2.05) is 23.1 Å². The normalized spacial score (nSPS) is 22.0. The molecule has 1 aromatic heterocycles. The molecule has 2 aromatic rings. The molecule has 1 fully saturated rings. The minimum atomic E-state index is -0.216. The van der Waals surface area contributed by atoms with Crippen LogP contribution in [-0.2, 0) is 11.2 Å². The zero-order chi connectivity index (χ0) is 15.7. The molecule has 0 bridgehead atoms. The van der Waals surface area contributed by atoms with E-state index in [4.69, 9.17) is 0 Å². The molecule has 1 amide bonds. The minimum absolute atomic E-state index is 0.0862. The van der Waals surface area contributed by atoms with Crippen LogP contribution >= 0.6 is 0 Å². The third kappa shape index (κ3) is 2.89. The molecule has 0 spiro atoms. The van der Waals surface area contributed by atoms with Gasteiger partial charge in [0.2, 0.25) is 5.91 Å². The molecule has 0 saturated carbocycles. The first kappa shape index (κ1) is 14.8. The summed E-state index contributed by atoms with van der Waals surface area (Å²) in [5.74, 6) is 1.16. The number of amides is 1. The number of H-pyrrole nitrogens is 1. The molecule has 1 aliphatic rings. The lowest BCUT2D eigenvalue weighted by Gasteiger charge is -2.35. The fraction of sp³-hybridized carbons (Fsp3) is 0.471.